The van der Waals surface area contributed by atoms with Crippen LogP contribution < -0.4 is 9.47 Å². The zero-order chi connectivity index (χ0) is 12.4. The number of aldehydes is 1. The Morgan fingerprint density at radius 1 is 1.41 bits per heavy atom. The summed E-state index contributed by atoms with van der Waals surface area (Å²) in [6.07, 6.45) is 1.47. The highest BCUT2D eigenvalue weighted by Gasteiger charge is 2.22. The van der Waals surface area contributed by atoms with Gasteiger partial charge >= 0.3 is 0 Å². The largest absolute Gasteiger partial charge is 0.486 e. The van der Waals surface area contributed by atoms with Crippen LogP contribution in [0.3, 0.4) is 0 Å². The van der Waals surface area contributed by atoms with E-state index >= 15 is 0 Å². The lowest BCUT2D eigenvalue weighted by Crippen LogP contribution is -2.17. The Balaban J connectivity index is 2.48. The van der Waals surface area contributed by atoms with Crippen LogP contribution in [0.4, 0.5) is 0 Å². The van der Waals surface area contributed by atoms with Gasteiger partial charge in [-0.1, -0.05) is 6.92 Å². The van der Waals surface area contributed by atoms with Gasteiger partial charge in [0, 0.05) is 6.42 Å². The van der Waals surface area contributed by atoms with Crippen LogP contribution in [0.15, 0.2) is 10.5 Å². The predicted molar refractivity (Wildman–Crippen MR) is 69.0 cm³/mol. The maximum Gasteiger partial charge on any atom is 0.175 e. The number of ether oxygens (including phenoxy) is 2. The molecule has 0 radical (unpaired) electrons. The predicted octanol–water partition coefficient (Wildman–Crippen LogP) is 3.22. The fourth-order valence-corrected chi connectivity index (χ4v) is 2.64. The molecule has 3 nitrogen and oxygen atoms in total. The molecule has 0 saturated carbocycles. The molecule has 2 rings (SSSR count). The van der Waals surface area contributed by atoms with Crippen LogP contribution in [-0.2, 0) is 4.79 Å². The second-order valence-electron chi connectivity index (χ2n) is 4.23. The highest BCUT2D eigenvalue weighted by atomic mass is 79.9. The molecule has 0 N–H and O–H groups in total. The first-order valence-corrected chi connectivity index (χ1v) is 6.46. The van der Waals surface area contributed by atoms with Crippen molar-refractivity contribution in [3.63, 3.8) is 0 Å². The van der Waals surface area contributed by atoms with E-state index in [1.165, 1.54) is 0 Å². The maximum absolute atomic E-state index is 10.6. The van der Waals surface area contributed by atoms with Crippen molar-refractivity contribution in [3.05, 3.63) is 21.7 Å². The topological polar surface area (TPSA) is 35.5 Å². The average molecular weight is 299 g/mol. The van der Waals surface area contributed by atoms with Gasteiger partial charge in [0.15, 0.2) is 11.5 Å². The minimum absolute atomic E-state index is 0.194. The Hall–Kier alpha value is -1.03. The monoisotopic (exact) mass is 298 g/mol. The summed E-state index contributed by atoms with van der Waals surface area (Å²) in [5, 5.41) is 0. The van der Waals surface area contributed by atoms with Gasteiger partial charge in [-0.3, -0.25) is 0 Å². The summed E-state index contributed by atoms with van der Waals surface area (Å²) < 4.78 is 12.1. The zero-order valence-corrected chi connectivity index (χ0v) is 11.5. The summed E-state index contributed by atoms with van der Waals surface area (Å²) in [7, 11) is 0. The van der Waals surface area contributed by atoms with Crippen LogP contribution >= 0.6 is 15.9 Å². The van der Waals surface area contributed by atoms with Crippen molar-refractivity contribution in [3.8, 4) is 11.5 Å². The van der Waals surface area contributed by atoms with Crippen molar-refractivity contribution < 1.29 is 14.3 Å². The molecule has 0 aromatic heterocycles. The first kappa shape index (κ1) is 12.4. The van der Waals surface area contributed by atoms with Gasteiger partial charge in [0.1, 0.15) is 19.5 Å². The van der Waals surface area contributed by atoms with Crippen LogP contribution in [-0.4, -0.2) is 19.5 Å². The summed E-state index contributed by atoms with van der Waals surface area (Å²) in [6, 6.07) is 2.02. The fourth-order valence-electron chi connectivity index (χ4n) is 2.10. The van der Waals surface area contributed by atoms with Crippen molar-refractivity contribution >= 4 is 22.2 Å². The highest BCUT2D eigenvalue weighted by molar-refractivity contribution is 9.10. The zero-order valence-electron chi connectivity index (χ0n) is 9.96. The molecule has 4 heteroatoms. The van der Waals surface area contributed by atoms with Gasteiger partial charge in [-0.2, -0.15) is 0 Å². The van der Waals surface area contributed by atoms with Crippen molar-refractivity contribution in [2.75, 3.05) is 13.2 Å². The Morgan fingerprint density at radius 3 is 2.71 bits per heavy atom. The van der Waals surface area contributed by atoms with Crippen molar-refractivity contribution in [1.82, 2.24) is 0 Å². The number of benzene rings is 1. The van der Waals surface area contributed by atoms with E-state index in [9.17, 15) is 4.79 Å². The van der Waals surface area contributed by atoms with Gasteiger partial charge in [0.2, 0.25) is 0 Å². The van der Waals surface area contributed by atoms with Crippen LogP contribution in [0.2, 0.25) is 0 Å². The molecule has 1 heterocycles. The van der Waals surface area contributed by atoms with Gasteiger partial charge in [-0.05, 0) is 46.0 Å². The van der Waals surface area contributed by atoms with Crippen molar-refractivity contribution in [2.24, 2.45) is 0 Å². The number of carbonyl (C=O) groups excluding carboxylic acids is 1. The minimum atomic E-state index is 0.194. The molecular formula is C13H15BrO3. The quantitative estimate of drug-likeness (QED) is 0.804. The number of carbonyl (C=O) groups is 1. The van der Waals surface area contributed by atoms with Crippen molar-refractivity contribution in [2.45, 2.75) is 26.2 Å². The Kier molecular flexibility index (Phi) is 3.72. The highest BCUT2D eigenvalue weighted by Crippen LogP contribution is 2.43. The number of rotatable bonds is 3. The number of halogens is 1. The summed E-state index contributed by atoms with van der Waals surface area (Å²) in [5.74, 6) is 1.77. The molecule has 17 heavy (non-hydrogen) atoms. The minimum Gasteiger partial charge on any atom is -0.486 e. The molecule has 1 aromatic carbocycles. The van der Waals surface area contributed by atoms with Gasteiger partial charge in [0.05, 0.1) is 4.47 Å². The molecule has 1 unspecified atom stereocenters. The van der Waals surface area contributed by atoms with E-state index < -0.39 is 0 Å². The van der Waals surface area contributed by atoms with E-state index in [2.05, 4.69) is 15.9 Å². The number of hydrogen-bond acceptors (Lipinski definition) is 3. The van der Waals surface area contributed by atoms with E-state index in [4.69, 9.17) is 9.47 Å². The summed E-state index contributed by atoms with van der Waals surface area (Å²) >= 11 is 3.49. The molecule has 0 fully saturated rings. The lowest BCUT2D eigenvalue weighted by Gasteiger charge is -2.24. The molecule has 1 aliphatic rings. The van der Waals surface area contributed by atoms with Gasteiger partial charge in [0.25, 0.3) is 0 Å². The Labute approximate surface area is 109 Å². The second-order valence-corrected chi connectivity index (χ2v) is 5.09. The van der Waals surface area contributed by atoms with E-state index in [1.54, 1.807) is 0 Å². The van der Waals surface area contributed by atoms with Crippen molar-refractivity contribution in [1.29, 1.82) is 0 Å². The van der Waals surface area contributed by atoms with E-state index in [-0.39, 0.29) is 5.92 Å². The van der Waals surface area contributed by atoms with Crippen LogP contribution in [0, 0.1) is 6.92 Å². The van der Waals surface area contributed by atoms with E-state index in [0.29, 0.717) is 19.6 Å². The maximum atomic E-state index is 10.6. The molecule has 0 amide bonds. The first-order chi connectivity index (χ1) is 8.15. The Bertz CT molecular complexity index is 443. The first-order valence-electron chi connectivity index (χ1n) is 5.67. The molecule has 92 valence electrons. The average Bonchev–Trinajstić information content (AvgIpc) is 2.34. The van der Waals surface area contributed by atoms with E-state index in [0.717, 1.165) is 33.4 Å². The standard InChI is InChI=1S/C13H15BrO3/c1-8(3-4-15)10-7-11(14)13-12(9(10)2)16-5-6-17-13/h4,7-8H,3,5-6H2,1-2H3. The summed E-state index contributed by atoms with van der Waals surface area (Å²) in [6.45, 7) is 5.20. The molecule has 0 aliphatic carbocycles. The van der Waals surface area contributed by atoms with Crippen LogP contribution in [0.5, 0.6) is 11.5 Å². The summed E-state index contributed by atoms with van der Waals surface area (Å²) in [4.78, 5) is 10.6. The normalized spacial score (nSPS) is 15.5. The molecule has 1 aliphatic heterocycles. The molecule has 0 spiro atoms. The lowest BCUT2D eigenvalue weighted by atomic mass is 9.93. The smallest absolute Gasteiger partial charge is 0.175 e. The molecule has 0 saturated heterocycles. The second kappa shape index (κ2) is 5.08. The number of hydrogen-bond donors (Lipinski definition) is 0. The lowest BCUT2D eigenvalue weighted by molar-refractivity contribution is -0.108. The molecule has 0 bridgehead atoms. The Morgan fingerprint density at radius 2 is 2.06 bits per heavy atom. The van der Waals surface area contributed by atoms with Gasteiger partial charge < -0.3 is 14.3 Å². The summed E-state index contributed by atoms with van der Waals surface area (Å²) in [5.41, 5.74) is 2.20. The molecule has 1 aromatic rings. The van der Waals surface area contributed by atoms with Crippen LogP contribution in [0.1, 0.15) is 30.4 Å². The van der Waals surface area contributed by atoms with Gasteiger partial charge in [-0.15, -0.1) is 0 Å². The SMILES string of the molecule is Cc1c(C(C)CC=O)cc(Br)c2c1OCCO2. The van der Waals surface area contributed by atoms with E-state index in [1.807, 2.05) is 19.9 Å². The third-order valence-electron chi connectivity index (χ3n) is 3.04. The number of fused-ring (bicyclic) bond motifs is 1. The molecular weight excluding hydrogens is 284 g/mol. The fraction of sp³-hybridized carbons (Fsp3) is 0.462. The van der Waals surface area contributed by atoms with Crippen LogP contribution in [0.25, 0.3) is 0 Å². The van der Waals surface area contributed by atoms with Gasteiger partial charge in [-0.25, -0.2) is 0 Å². The third kappa shape index (κ3) is 2.32. The molecule has 1 atom stereocenters. The third-order valence-corrected chi connectivity index (χ3v) is 3.62.